The lowest BCUT2D eigenvalue weighted by Crippen LogP contribution is -2.07. The van der Waals surface area contributed by atoms with Gasteiger partial charge in [0.2, 0.25) is 5.78 Å². The third-order valence-corrected chi connectivity index (χ3v) is 3.48. The molecule has 1 aromatic heterocycles. The number of hydrogen-bond donors (Lipinski definition) is 0. The zero-order valence-corrected chi connectivity index (χ0v) is 11.5. The second-order valence-corrected chi connectivity index (χ2v) is 4.99. The highest BCUT2D eigenvalue weighted by Crippen LogP contribution is 2.26. The number of carbonyl (C=O) groups excluding carboxylic acids is 1. The molecule has 0 N–H and O–H groups in total. The van der Waals surface area contributed by atoms with Gasteiger partial charge >= 0.3 is 0 Å². The van der Waals surface area contributed by atoms with E-state index in [1.54, 1.807) is 6.07 Å². The number of ketones is 1. The SMILES string of the molecule is Cc1ccc(F)c(C(=O)c2cc3cccc(C)c3o2)c1F. The van der Waals surface area contributed by atoms with Crippen molar-refractivity contribution in [2.24, 2.45) is 0 Å². The standard InChI is InChI=1S/C17H12F2O2/c1-9-6-7-12(18)14(15(9)19)16(20)13-8-11-5-3-4-10(2)17(11)21-13/h3-8H,1-2H3. The number of aryl methyl sites for hydroxylation is 2. The van der Waals surface area contributed by atoms with Crippen LogP contribution in [0.1, 0.15) is 27.2 Å². The quantitative estimate of drug-likeness (QED) is 0.646. The minimum Gasteiger partial charge on any atom is -0.452 e. The van der Waals surface area contributed by atoms with Gasteiger partial charge in [0.25, 0.3) is 0 Å². The fraction of sp³-hybridized carbons (Fsp3) is 0.118. The van der Waals surface area contributed by atoms with Crippen molar-refractivity contribution in [2.45, 2.75) is 13.8 Å². The molecule has 0 atom stereocenters. The number of halogens is 2. The highest BCUT2D eigenvalue weighted by atomic mass is 19.1. The van der Waals surface area contributed by atoms with E-state index in [1.807, 2.05) is 19.1 Å². The van der Waals surface area contributed by atoms with E-state index in [2.05, 4.69) is 0 Å². The Balaban J connectivity index is 2.17. The highest BCUT2D eigenvalue weighted by molar-refractivity contribution is 6.09. The van der Waals surface area contributed by atoms with Crippen LogP contribution in [0.4, 0.5) is 8.78 Å². The monoisotopic (exact) mass is 286 g/mol. The molecule has 0 fully saturated rings. The molecular formula is C17H12F2O2. The van der Waals surface area contributed by atoms with Crippen molar-refractivity contribution in [2.75, 3.05) is 0 Å². The van der Waals surface area contributed by atoms with Crippen LogP contribution >= 0.6 is 0 Å². The summed E-state index contributed by atoms with van der Waals surface area (Å²) >= 11 is 0. The summed E-state index contributed by atoms with van der Waals surface area (Å²) in [5, 5.41) is 0.729. The Morgan fingerprint density at radius 2 is 1.81 bits per heavy atom. The number of para-hydroxylation sites is 1. The lowest BCUT2D eigenvalue weighted by Gasteiger charge is -2.04. The summed E-state index contributed by atoms with van der Waals surface area (Å²) in [5.41, 5.74) is 1.05. The molecule has 2 nitrogen and oxygen atoms in total. The molecule has 0 amide bonds. The number of rotatable bonds is 2. The number of benzene rings is 2. The van der Waals surface area contributed by atoms with Crippen LogP contribution in [0.15, 0.2) is 40.8 Å². The normalized spacial score (nSPS) is 11.0. The second-order valence-electron chi connectivity index (χ2n) is 4.99. The summed E-state index contributed by atoms with van der Waals surface area (Å²) < 4.78 is 33.3. The molecule has 0 aliphatic rings. The number of hydrogen-bond acceptors (Lipinski definition) is 2. The summed E-state index contributed by atoms with van der Waals surface area (Å²) in [6.07, 6.45) is 0. The Hall–Kier alpha value is -2.49. The van der Waals surface area contributed by atoms with Crippen LogP contribution in [0, 0.1) is 25.5 Å². The van der Waals surface area contributed by atoms with Crippen LogP contribution < -0.4 is 0 Å². The number of fused-ring (bicyclic) bond motifs is 1. The zero-order chi connectivity index (χ0) is 15.1. The van der Waals surface area contributed by atoms with Crippen molar-refractivity contribution < 1.29 is 18.0 Å². The first-order chi connectivity index (χ1) is 9.99. The van der Waals surface area contributed by atoms with Crippen molar-refractivity contribution in [1.82, 2.24) is 0 Å². The highest BCUT2D eigenvalue weighted by Gasteiger charge is 2.23. The Labute approximate surface area is 120 Å². The molecule has 0 radical (unpaired) electrons. The Kier molecular flexibility index (Phi) is 3.09. The molecule has 0 unspecified atom stereocenters. The first kappa shape index (κ1) is 13.5. The van der Waals surface area contributed by atoms with Gasteiger partial charge in [0.05, 0.1) is 5.56 Å². The fourth-order valence-electron chi connectivity index (χ4n) is 2.31. The van der Waals surface area contributed by atoms with Gasteiger partial charge in [-0.15, -0.1) is 0 Å². The molecule has 3 rings (SSSR count). The van der Waals surface area contributed by atoms with Crippen LogP contribution in [0.2, 0.25) is 0 Å². The van der Waals surface area contributed by atoms with Crippen LogP contribution in [0.5, 0.6) is 0 Å². The molecule has 0 spiro atoms. The van der Waals surface area contributed by atoms with Gasteiger partial charge in [-0.1, -0.05) is 24.3 Å². The molecule has 3 aromatic rings. The largest absolute Gasteiger partial charge is 0.452 e. The van der Waals surface area contributed by atoms with Gasteiger partial charge in [-0.2, -0.15) is 0 Å². The number of carbonyl (C=O) groups is 1. The zero-order valence-electron chi connectivity index (χ0n) is 11.5. The predicted octanol–water partition coefficient (Wildman–Crippen LogP) is 4.56. The first-order valence-electron chi connectivity index (χ1n) is 6.47. The maximum Gasteiger partial charge on any atom is 0.234 e. The summed E-state index contributed by atoms with van der Waals surface area (Å²) in [7, 11) is 0. The maximum atomic E-state index is 14.0. The Morgan fingerprint density at radius 3 is 2.52 bits per heavy atom. The van der Waals surface area contributed by atoms with Crippen molar-refractivity contribution in [3.8, 4) is 0 Å². The molecule has 0 aliphatic carbocycles. The summed E-state index contributed by atoms with van der Waals surface area (Å²) in [6, 6.07) is 9.34. The van der Waals surface area contributed by atoms with Gasteiger partial charge in [-0.3, -0.25) is 4.79 Å². The van der Waals surface area contributed by atoms with Gasteiger partial charge in [0, 0.05) is 5.39 Å². The molecule has 2 aromatic carbocycles. The second kappa shape index (κ2) is 4.81. The summed E-state index contributed by atoms with van der Waals surface area (Å²) in [5.74, 6) is -2.59. The van der Waals surface area contributed by atoms with E-state index >= 15 is 0 Å². The van der Waals surface area contributed by atoms with Gasteiger partial charge < -0.3 is 4.42 Å². The Bertz CT molecular complexity index is 863. The fourth-order valence-corrected chi connectivity index (χ4v) is 2.31. The van der Waals surface area contributed by atoms with E-state index in [0.29, 0.717) is 5.58 Å². The molecule has 0 aliphatic heterocycles. The molecule has 21 heavy (non-hydrogen) atoms. The van der Waals surface area contributed by atoms with Crippen LogP contribution in [-0.2, 0) is 0 Å². The van der Waals surface area contributed by atoms with E-state index in [0.717, 1.165) is 17.0 Å². The van der Waals surface area contributed by atoms with E-state index in [1.165, 1.54) is 19.1 Å². The molecule has 1 heterocycles. The van der Waals surface area contributed by atoms with Crippen molar-refractivity contribution in [3.05, 3.63) is 70.5 Å². The summed E-state index contributed by atoms with van der Waals surface area (Å²) in [6.45, 7) is 3.32. The topological polar surface area (TPSA) is 30.2 Å². The minimum atomic E-state index is -0.889. The lowest BCUT2D eigenvalue weighted by atomic mass is 10.0. The average Bonchev–Trinajstić information content (AvgIpc) is 2.89. The molecule has 0 saturated heterocycles. The van der Waals surface area contributed by atoms with Crippen LogP contribution in [-0.4, -0.2) is 5.78 Å². The smallest absolute Gasteiger partial charge is 0.234 e. The van der Waals surface area contributed by atoms with Gasteiger partial charge in [0.1, 0.15) is 17.2 Å². The van der Waals surface area contributed by atoms with Crippen molar-refractivity contribution in [3.63, 3.8) is 0 Å². The molecule has 0 bridgehead atoms. The molecule has 0 saturated carbocycles. The van der Waals surface area contributed by atoms with Crippen molar-refractivity contribution in [1.29, 1.82) is 0 Å². The minimum absolute atomic E-state index is 0.0669. The van der Waals surface area contributed by atoms with E-state index in [-0.39, 0.29) is 11.3 Å². The van der Waals surface area contributed by atoms with Crippen LogP contribution in [0.25, 0.3) is 11.0 Å². The summed E-state index contributed by atoms with van der Waals surface area (Å²) in [4.78, 5) is 12.3. The Morgan fingerprint density at radius 1 is 1.05 bits per heavy atom. The maximum absolute atomic E-state index is 14.0. The molecule has 106 valence electrons. The van der Waals surface area contributed by atoms with Crippen molar-refractivity contribution >= 4 is 16.8 Å². The molecular weight excluding hydrogens is 274 g/mol. The van der Waals surface area contributed by atoms with E-state index in [9.17, 15) is 13.6 Å². The lowest BCUT2D eigenvalue weighted by molar-refractivity contribution is 0.100. The van der Waals surface area contributed by atoms with Gasteiger partial charge in [-0.05, 0) is 37.1 Å². The number of furan rings is 1. The first-order valence-corrected chi connectivity index (χ1v) is 6.47. The van der Waals surface area contributed by atoms with Crippen LogP contribution in [0.3, 0.4) is 0 Å². The third-order valence-electron chi connectivity index (χ3n) is 3.48. The van der Waals surface area contributed by atoms with E-state index < -0.39 is 23.0 Å². The van der Waals surface area contributed by atoms with E-state index in [4.69, 9.17) is 4.42 Å². The predicted molar refractivity (Wildman–Crippen MR) is 75.5 cm³/mol. The molecule has 4 heteroatoms. The average molecular weight is 286 g/mol. The van der Waals surface area contributed by atoms with Gasteiger partial charge in [0.15, 0.2) is 5.76 Å². The van der Waals surface area contributed by atoms with Gasteiger partial charge in [-0.25, -0.2) is 8.78 Å². The third kappa shape index (κ3) is 2.13.